The number of carbonyl (C=O) groups is 1. The van der Waals surface area contributed by atoms with Crippen molar-refractivity contribution in [3.05, 3.63) is 65.5 Å². The van der Waals surface area contributed by atoms with Gasteiger partial charge in [0.15, 0.2) is 6.10 Å². The van der Waals surface area contributed by atoms with Crippen LogP contribution in [0.5, 0.6) is 5.75 Å². The van der Waals surface area contributed by atoms with Gasteiger partial charge in [0, 0.05) is 6.54 Å². The Hall–Kier alpha value is -2.48. The van der Waals surface area contributed by atoms with Crippen molar-refractivity contribution in [1.29, 1.82) is 0 Å². The molecule has 134 valence electrons. The highest BCUT2D eigenvalue weighted by Crippen LogP contribution is 2.14. The molecule has 0 spiro atoms. The molecule has 2 aromatic rings. The van der Waals surface area contributed by atoms with E-state index in [9.17, 15) is 9.18 Å². The van der Waals surface area contributed by atoms with Gasteiger partial charge in [-0.15, -0.1) is 0 Å². The molecule has 2 aromatic carbocycles. The van der Waals surface area contributed by atoms with Gasteiger partial charge >= 0.3 is 0 Å². The number of ether oxygens (including phenoxy) is 1. The second-order valence-electron chi connectivity index (χ2n) is 5.31. The number of hydrogen-bond acceptors (Lipinski definition) is 5. The highest BCUT2D eigenvalue weighted by atomic mass is 19.1. The van der Waals surface area contributed by atoms with Crippen LogP contribution in [-0.4, -0.2) is 19.1 Å². The summed E-state index contributed by atoms with van der Waals surface area (Å²) < 4.78 is 18.7. The summed E-state index contributed by atoms with van der Waals surface area (Å²) in [6.07, 6.45) is -0.686. The summed E-state index contributed by atoms with van der Waals surface area (Å²) in [5.41, 5.74) is 6.64. The lowest BCUT2D eigenvalue weighted by atomic mass is 10.2. The molecule has 0 aromatic heterocycles. The highest BCUT2D eigenvalue weighted by Gasteiger charge is 2.12. The number of hydroxylamine groups is 2. The number of hydrogen-bond donors (Lipinski definition) is 2. The Morgan fingerprint density at radius 1 is 1.16 bits per heavy atom. The zero-order chi connectivity index (χ0) is 18.1. The van der Waals surface area contributed by atoms with Crippen LogP contribution in [0.2, 0.25) is 0 Å². The van der Waals surface area contributed by atoms with Gasteiger partial charge in [0.25, 0.3) is 5.91 Å². The van der Waals surface area contributed by atoms with Crippen LogP contribution in [0.4, 0.5) is 4.39 Å². The summed E-state index contributed by atoms with van der Waals surface area (Å²) in [6.45, 7) is 2.32. The molecule has 6 nitrogen and oxygen atoms in total. The molecule has 0 saturated heterocycles. The van der Waals surface area contributed by atoms with Crippen LogP contribution in [0.25, 0.3) is 0 Å². The van der Waals surface area contributed by atoms with Crippen LogP contribution in [0.15, 0.2) is 48.5 Å². The Kier molecular flexibility index (Phi) is 7.34. The van der Waals surface area contributed by atoms with Gasteiger partial charge in [0.1, 0.15) is 18.2 Å². The van der Waals surface area contributed by atoms with Crippen molar-refractivity contribution in [3.63, 3.8) is 0 Å². The third-order valence-electron chi connectivity index (χ3n) is 3.33. The lowest BCUT2D eigenvalue weighted by Crippen LogP contribution is -2.36. The largest absolute Gasteiger partial charge is 0.489 e. The second-order valence-corrected chi connectivity index (χ2v) is 5.31. The Bertz CT molecular complexity index is 679. The quantitative estimate of drug-likeness (QED) is 0.682. The summed E-state index contributed by atoms with van der Waals surface area (Å²) in [5, 5.41) is 0. The number of benzene rings is 2. The minimum absolute atomic E-state index is 0.282. The van der Waals surface area contributed by atoms with E-state index in [1.807, 2.05) is 24.3 Å². The van der Waals surface area contributed by atoms with Crippen LogP contribution >= 0.6 is 0 Å². The molecule has 2 rings (SSSR count). The lowest BCUT2D eigenvalue weighted by molar-refractivity contribution is -0.147. The average molecular weight is 348 g/mol. The van der Waals surface area contributed by atoms with Gasteiger partial charge in [-0.25, -0.2) is 9.87 Å². The molecule has 7 heteroatoms. The van der Waals surface area contributed by atoms with Crippen molar-refractivity contribution in [3.8, 4) is 5.75 Å². The normalized spacial score (nSPS) is 11.8. The average Bonchev–Trinajstić information content (AvgIpc) is 2.61. The second kappa shape index (κ2) is 9.73. The molecule has 0 aliphatic heterocycles. The van der Waals surface area contributed by atoms with E-state index in [0.717, 1.165) is 11.1 Å². The first-order chi connectivity index (χ1) is 12.1. The Morgan fingerprint density at radius 3 is 2.60 bits per heavy atom. The van der Waals surface area contributed by atoms with Crippen LogP contribution < -0.4 is 15.7 Å². The van der Waals surface area contributed by atoms with Crippen molar-refractivity contribution >= 4 is 5.91 Å². The molecule has 0 fully saturated rings. The third kappa shape index (κ3) is 6.50. The first kappa shape index (κ1) is 18.9. The number of amides is 1. The van der Waals surface area contributed by atoms with Crippen LogP contribution in [0, 0.1) is 5.82 Å². The first-order valence-corrected chi connectivity index (χ1v) is 7.76. The van der Waals surface area contributed by atoms with E-state index in [1.54, 1.807) is 19.1 Å². The van der Waals surface area contributed by atoms with Crippen LogP contribution in [0.3, 0.4) is 0 Å². The summed E-state index contributed by atoms with van der Waals surface area (Å²) in [7, 11) is 1.36. The van der Waals surface area contributed by atoms with Crippen molar-refractivity contribution < 1.29 is 23.6 Å². The maximum atomic E-state index is 13.1. The Labute approximate surface area is 145 Å². The molecule has 0 saturated carbocycles. The van der Waals surface area contributed by atoms with E-state index in [1.165, 1.54) is 19.2 Å². The van der Waals surface area contributed by atoms with Gasteiger partial charge in [-0.2, -0.15) is 5.48 Å². The van der Waals surface area contributed by atoms with Gasteiger partial charge in [0.05, 0.1) is 7.11 Å². The van der Waals surface area contributed by atoms with Gasteiger partial charge < -0.3 is 4.74 Å². The number of halogens is 1. The van der Waals surface area contributed by atoms with Crippen molar-refractivity contribution in [2.75, 3.05) is 7.11 Å². The topological polar surface area (TPSA) is 68.8 Å². The summed E-state index contributed by atoms with van der Waals surface area (Å²) in [4.78, 5) is 21.1. The fourth-order valence-corrected chi connectivity index (χ4v) is 1.98. The predicted octanol–water partition coefficient (Wildman–Crippen LogP) is 2.49. The SMILES string of the molecule is CONC(=O)C(C)ONCc1ccc(OCc2cccc(F)c2)cc1. The van der Waals surface area contributed by atoms with Gasteiger partial charge in [-0.1, -0.05) is 24.3 Å². The van der Waals surface area contributed by atoms with E-state index in [2.05, 4.69) is 15.8 Å². The molecular weight excluding hydrogens is 327 g/mol. The molecule has 0 aliphatic carbocycles. The molecule has 1 unspecified atom stereocenters. The van der Waals surface area contributed by atoms with E-state index < -0.39 is 6.10 Å². The molecule has 1 atom stereocenters. The number of rotatable bonds is 9. The predicted molar refractivity (Wildman–Crippen MR) is 89.7 cm³/mol. The number of nitrogens with one attached hydrogen (secondary N) is 2. The number of carbonyl (C=O) groups excluding carboxylic acids is 1. The molecule has 0 bridgehead atoms. The van der Waals surface area contributed by atoms with Gasteiger partial charge in [-0.05, 0) is 42.3 Å². The maximum Gasteiger partial charge on any atom is 0.274 e. The Morgan fingerprint density at radius 2 is 1.92 bits per heavy atom. The highest BCUT2D eigenvalue weighted by molar-refractivity contribution is 5.79. The molecule has 0 aliphatic rings. The zero-order valence-corrected chi connectivity index (χ0v) is 14.1. The fraction of sp³-hybridized carbons (Fsp3) is 0.278. The molecule has 0 heterocycles. The van der Waals surface area contributed by atoms with Crippen molar-refractivity contribution in [2.45, 2.75) is 26.2 Å². The van der Waals surface area contributed by atoms with Crippen LogP contribution in [-0.2, 0) is 27.6 Å². The summed E-state index contributed by atoms with van der Waals surface area (Å²) >= 11 is 0. The van der Waals surface area contributed by atoms with Crippen molar-refractivity contribution in [1.82, 2.24) is 11.0 Å². The van der Waals surface area contributed by atoms with Gasteiger partial charge in [-0.3, -0.25) is 14.5 Å². The summed E-state index contributed by atoms with van der Waals surface area (Å²) in [5.74, 6) is 0.0220. The van der Waals surface area contributed by atoms with E-state index in [0.29, 0.717) is 18.9 Å². The van der Waals surface area contributed by atoms with E-state index in [4.69, 9.17) is 9.57 Å². The monoisotopic (exact) mass is 348 g/mol. The van der Waals surface area contributed by atoms with E-state index >= 15 is 0 Å². The molecule has 25 heavy (non-hydrogen) atoms. The minimum Gasteiger partial charge on any atom is -0.489 e. The van der Waals surface area contributed by atoms with Crippen LogP contribution in [0.1, 0.15) is 18.1 Å². The summed E-state index contributed by atoms with van der Waals surface area (Å²) in [6, 6.07) is 13.7. The minimum atomic E-state index is -0.686. The standard InChI is InChI=1S/C18H21FN2O4/c1-13(18(22)21-23-2)25-20-11-14-6-8-17(9-7-14)24-12-15-4-3-5-16(19)10-15/h3-10,13,20H,11-12H2,1-2H3,(H,21,22). The maximum absolute atomic E-state index is 13.1. The first-order valence-electron chi connectivity index (χ1n) is 7.76. The van der Waals surface area contributed by atoms with Gasteiger partial charge in [0.2, 0.25) is 0 Å². The molecular formula is C18H21FN2O4. The molecule has 0 radical (unpaired) electrons. The molecule has 2 N–H and O–H groups in total. The zero-order valence-electron chi connectivity index (χ0n) is 14.1. The fourth-order valence-electron chi connectivity index (χ4n) is 1.98. The molecule has 1 amide bonds. The van der Waals surface area contributed by atoms with E-state index in [-0.39, 0.29) is 11.7 Å². The Balaban J connectivity index is 1.75. The lowest BCUT2D eigenvalue weighted by Gasteiger charge is -2.13. The smallest absolute Gasteiger partial charge is 0.274 e. The third-order valence-corrected chi connectivity index (χ3v) is 3.33. The van der Waals surface area contributed by atoms with Crippen molar-refractivity contribution in [2.24, 2.45) is 0 Å².